The lowest BCUT2D eigenvalue weighted by Crippen LogP contribution is -2.30. The van der Waals surface area contributed by atoms with Crippen LogP contribution in [0, 0.1) is 6.92 Å². The highest BCUT2D eigenvalue weighted by Crippen LogP contribution is 2.16. The van der Waals surface area contributed by atoms with E-state index in [1.807, 2.05) is 12.1 Å². The topological polar surface area (TPSA) is 89.5 Å². The first-order valence-electron chi connectivity index (χ1n) is 8.16. The molecule has 0 aliphatic rings. The molecule has 0 fully saturated rings. The van der Waals surface area contributed by atoms with Gasteiger partial charge in [0.25, 0.3) is 5.91 Å². The van der Waals surface area contributed by atoms with Gasteiger partial charge in [0, 0.05) is 17.8 Å². The smallest absolute Gasteiger partial charge is 0.338 e. The quantitative estimate of drug-likeness (QED) is 0.710. The minimum Gasteiger partial charge on any atom is -0.452 e. The molecule has 2 aromatic carbocycles. The highest BCUT2D eigenvalue weighted by Gasteiger charge is 2.16. The highest BCUT2D eigenvalue weighted by molar-refractivity contribution is 7.90. The van der Waals surface area contributed by atoms with Crippen molar-refractivity contribution in [2.75, 3.05) is 19.4 Å². The normalized spacial score (nSPS) is 11.1. The Bertz CT molecular complexity index is 939. The number of hydrogen-bond donors (Lipinski definition) is 1. The number of carbonyl (C=O) groups is 2. The lowest BCUT2D eigenvalue weighted by molar-refractivity contribution is -0.124. The van der Waals surface area contributed by atoms with E-state index in [2.05, 4.69) is 5.32 Å². The Balaban J connectivity index is 1.86. The minimum absolute atomic E-state index is 0.0208. The number of amides is 1. The van der Waals surface area contributed by atoms with Gasteiger partial charge >= 0.3 is 5.97 Å². The summed E-state index contributed by atoms with van der Waals surface area (Å²) in [5, 5.41) is 3.30. The van der Waals surface area contributed by atoms with Crippen LogP contribution in [0.1, 0.15) is 21.5 Å². The number of halogens is 1. The fourth-order valence-electron chi connectivity index (χ4n) is 2.31. The van der Waals surface area contributed by atoms with Crippen molar-refractivity contribution in [3.05, 3.63) is 64.2 Å². The Morgan fingerprint density at radius 1 is 1.11 bits per heavy atom. The summed E-state index contributed by atoms with van der Waals surface area (Å²) in [6.07, 6.45) is 1.67. The number of sulfone groups is 1. The first-order chi connectivity index (χ1) is 12.7. The van der Waals surface area contributed by atoms with Crippen molar-refractivity contribution in [1.29, 1.82) is 0 Å². The summed E-state index contributed by atoms with van der Waals surface area (Å²) in [7, 11) is -3.44. The number of rotatable bonds is 7. The molecule has 6 nitrogen and oxygen atoms in total. The van der Waals surface area contributed by atoms with Crippen molar-refractivity contribution in [2.24, 2.45) is 0 Å². The molecule has 8 heteroatoms. The zero-order valence-corrected chi connectivity index (χ0v) is 16.6. The van der Waals surface area contributed by atoms with Crippen LogP contribution in [-0.2, 0) is 25.8 Å². The molecule has 144 valence electrons. The van der Waals surface area contributed by atoms with Crippen molar-refractivity contribution < 1.29 is 22.7 Å². The van der Waals surface area contributed by atoms with Crippen LogP contribution in [0.5, 0.6) is 0 Å². The molecule has 2 aromatic rings. The summed E-state index contributed by atoms with van der Waals surface area (Å²) in [4.78, 5) is 24.0. The summed E-state index contributed by atoms with van der Waals surface area (Å²) in [6, 6.07) is 11.5. The highest BCUT2D eigenvalue weighted by atomic mass is 35.5. The maximum absolute atomic E-state index is 12.2. The van der Waals surface area contributed by atoms with Gasteiger partial charge in [0.2, 0.25) is 0 Å². The van der Waals surface area contributed by atoms with Gasteiger partial charge < -0.3 is 10.1 Å². The van der Waals surface area contributed by atoms with Crippen LogP contribution in [0.4, 0.5) is 0 Å². The monoisotopic (exact) mass is 409 g/mol. The zero-order chi connectivity index (χ0) is 20.0. The molecule has 27 heavy (non-hydrogen) atoms. The van der Waals surface area contributed by atoms with E-state index in [1.54, 1.807) is 19.1 Å². The predicted molar refractivity (Wildman–Crippen MR) is 103 cm³/mol. The molecule has 1 N–H and O–H groups in total. The third kappa shape index (κ3) is 6.37. The van der Waals surface area contributed by atoms with Gasteiger partial charge in [0.15, 0.2) is 16.4 Å². The SMILES string of the molecule is Cc1ccc(S(C)(=O)=O)cc1C(=O)OCC(=O)NCCc1ccc(Cl)cc1. The average Bonchev–Trinajstić information content (AvgIpc) is 2.60. The van der Waals surface area contributed by atoms with Gasteiger partial charge in [-0.25, -0.2) is 13.2 Å². The van der Waals surface area contributed by atoms with Crippen LogP contribution in [0.25, 0.3) is 0 Å². The largest absolute Gasteiger partial charge is 0.452 e. The molecule has 2 rings (SSSR count). The average molecular weight is 410 g/mol. The molecular weight excluding hydrogens is 390 g/mol. The number of hydrogen-bond acceptors (Lipinski definition) is 5. The van der Waals surface area contributed by atoms with E-state index in [4.69, 9.17) is 16.3 Å². The van der Waals surface area contributed by atoms with Gasteiger partial charge in [-0.05, 0) is 48.7 Å². The van der Waals surface area contributed by atoms with E-state index >= 15 is 0 Å². The molecule has 0 spiro atoms. The van der Waals surface area contributed by atoms with Gasteiger partial charge in [0.05, 0.1) is 10.5 Å². The predicted octanol–water partition coefficient (Wildman–Crippen LogP) is 2.57. The Hall–Kier alpha value is -2.38. The van der Waals surface area contributed by atoms with E-state index in [0.717, 1.165) is 11.8 Å². The molecule has 0 aliphatic heterocycles. The second-order valence-corrected chi connectivity index (χ2v) is 8.50. The van der Waals surface area contributed by atoms with Crippen molar-refractivity contribution in [2.45, 2.75) is 18.2 Å². The van der Waals surface area contributed by atoms with Crippen molar-refractivity contribution in [3.63, 3.8) is 0 Å². The summed E-state index contributed by atoms with van der Waals surface area (Å²) in [6.45, 7) is 1.61. The lowest BCUT2D eigenvalue weighted by Gasteiger charge is -2.09. The summed E-state index contributed by atoms with van der Waals surface area (Å²) >= 11 is 5.81. The fraction of sp³-hybridized carbons (Fsp3) is 0.263. The van der Waals surface area contributed by atoms with Crippen LogP contribution in [-0.4, -0.2) is 39.7 Å². The number of benzene rings is 2. The van der Waals surface area contributed by atoms with Crippen LogP contribution < -0.4 is 5.32 Å². The molecule has 0 unspecified atom stereocenters. The fourth-order valence-corrected chi connectivity index (χ4v) is 3.08. The number of esters is 1. The zero-order valence-electron chi connectivity index (χ0n) is 15.0. The van der Waals surface area contributed by atoms with Gasteiger partial charge in [0.1, 0.15) is 0 Å². The van der Waals surface area contributed by atoms with Gasteiger partial charge in [-0.15, -0.1) is 0 Å². The van der Waals surface area contributed by atoms with Gasteiger partial charge in [-0.1, -0.05) is 29.8 Å². The second-order valence-electron chi connectivity index (χ2n) is 6.05. The van der Waals surface area contributed by atoms with E-state index < -0.39 is 28.3 Å². The molecule has 0 saturated heterocycles. The third-order valence-corrected chi connectivity index (χ3v) is 5.20. The maximum Gasteiger partial charge on any atom is 0.338 e. The molecule has 0 aliphatic carbocycles. The molecule has 0 bridgehead atoms. The molecular formula is C19H20ClNO5S. The van der Waals surface area contributed by atoms with E-state index in [-0.39, 0.29) is 10.5 Å². The van der Waals surface area contributed by atoms with Gasteiger partial charge in [-0.2, -0.15) is 0 Å². The van der Waals surface area contributed by atoms with Crippen molar-refractivity contribution >= 4 is 33.3 Å². The number of aryl methyl sites for hydroxylation is 1. The summed E-state index contributed by atoms with van der Waals surface area (Å²) < 4.78 is 28.2. The minimum atomic E-state index is -3.44. The first-order valence-corrected chi connectivity index (χ1v) is 10.4. The van der Waals surface area contributed by atoms with Crippen molar-refractivity contribution in [3.8, 4) is 0 Å². The maximum atomic E-state index is 12.2. The molecule has 0 radical (unpaired) electrons. The van der Waals surface area contributed by atoms with Crippen LogP contribution >= 0.6 is 11.6 Å². The third-order valence-electron chi connectivity index (χ3n) is 3.84. The van der Waals surface area contributed by atoms with E-state index in [1.165, 1.54) is 18.2 Å². The number of ether oxygens (including phenoxy) is 1. The molecule has 1 amide bonds. The lowest BCUT2D eigenvalue weighted by atomic mass is 10.1. The van der Waals surface area contributed by atoms with Gasteiger partial charge in [-0.3, -0.25) is 4.79 Å². The van der Waals surface area contributed by atoms with Crippen LogP contribution in [0.2, 0.25) is 5.02 Å². The number of carbonyl (C=O) groups excluding carboxylic acids is 2. The Kier molecular flexibility index (Phi) is 6.98. The van der Waals surface area contributed by atoms with E-state index in [0.29, 0.717) is 23.6 Å². The molecule has 0 heterocycles. The van der Waals surface area contributed by atoms with E-state index in [9.17, 15) is 18.0 Å². The standard InChI is InChI=1S/C19H20ClNO5S/c1-13-3-8-16(27(2,24)25)11-17(13)19(23)26-12-18(22)21-10-9-14-4-6-15(20)7-5-14/h3-8,11H,9-10,12H2,1-2H3,(H,21,22). The second kappa shape index (κ2) is 9.01. The summed E-state index contributed by atoms with van der Waals surface area (Å²) in [5.41, 5.74) is 1.70. The first kappa shape index (κ1) is 20.9. The molecule has 0 atom stereocenters. The molecule has 0 aromatic heterocycles. The van der Waals surface area contributed by atoms with Crippen LogP contribution in [0.15, 0.2) is 47.4 Å². The molecule has 0 saturated carbocycles. The summed E-state index contributed by atoms with van der Waals surface area (Å²) in [5.74, 6) is -1.18. The van der Waals surface area contributed by atoms with Crippen molar-refractivity contribution in [1.82, 2.24) is 5.32 Å². The Morgan fingerprint density at radius 3 is 2.41 bits per heavy atom. The Morgan fingerprint density at radius 2 is 1.78 bits per heavy atom. The van der Waals surface area contributed by atoms with Crippen LogP contribution in [0.3, 0.4) is 0 Å². The number of nitrogens with one attached hydrogen (secondary N) is 1. The Labute approximate surface area is 163 Å².